The summed E-state index contributed by atoms with van der Waals surface area (Å²) < 4.78 is 0. The van der Waals surface area contributed by atoms with Gasteiger partial charge in [0.1, 0.15) is 11.2 Å². The summed E-state index contributed by atoms with van der Waals surface area (Å²) in [6.07, 6.45) is 0.738. The van der Waals surface area contributed by atoms with Crippen molar-refractivity contribution in [2.24, 2.45) is 5.41 Å². The Hall–Kier alpha value is -0.146. The fourth-order valence-electron chi connectivity index (χ4n) is 1.20. The molecule has 0 aliphatic heterocycles. The van der Waals surface area contributed by atoms with Crippen LogP contribution in [0.25, 0.3) is 0 Å². The van der Waals surface area contributed by atoms with E-state index in [-0.39, 0.29) is 27.5 Å². The molecule has 68 valence electrons. The number of aliphatic carboxylic acids is 1. The molecule has 0 radical (unpaired) electrons. The molecule has 4 heteroatoms. The number of carbonyl (C=O) groups excluding carboxylic acids is 1. The van der Waals surface area contributed by atoms with Gasteiger partial charge in [-0.3, -0.25) is 9.59 Å². The van der Waals surface area contributed by atoms with E-state index in [9.17, 15) is 9.59 Å². The predicted octanol–water partition coefficient (Wildman–Crippen LogP) is 1.46. The molecule has 0 aromatic carbocycles. The molecule has 0 rings (SSSR count). The van der Waals surface area contributed by atoms with Gasteiger partial charge in [0.2, 0.25) is 0 Å². The van der Waals surface area contributed by atoms with Crippen molar-refractivity contribution in [3.63, 3.8) is 0 Å². The van der Waals surface area contributed by atoms with Crippen LogP contribution in [0, 0.1) is 5.41 Å². The quantitative estimate of drug-likeness (QED) is 0.559. The molecular formula is C8H14O3Ti. The van der Waals surface area contributed by atoms with Gasteiger partial charge in [0.25, 0.3) is 0 Å². The van der Waals surface area contributed by atoms with Crippen molar-refractivity contribution in [3.05, 3.63) is 0 Å². The minimum atomic E-state index is -1.14. The SMILES string of the molecule is CCC(CC)(C(C)=O)C(=O)O.[Ti]. The Morgan fingerprint density at radius 2 is 1.58 bits per heavy atom. The zero-order chi connectivity index (χ0) is 9.07. The number of rotatable bonds is 4. The van der Waals surface area contributed by atoms with Gasteiger partial charge in [-0.15, -0.1) is 0 Å². The molecule has 1 N–H and O–H groups in total. The summed E-state index contributed by atoms with van der Waals surface area (Å²) in [5.41, 5.74) is -1.14. The van der Waals surface area contributed by atoms with Gasteiger partial charge in [-0.1, -0.05) is 13.8 Å². The van der Waals surface area contributed by atoms with Crippen LogP contribution in [0.15, 0.2) is 0 Å². The first-order valence-corrected chi connectivity index (χ1v) is 3.75. The second-order valence-electron chi connectivity index (χ2n) is 2.65. The number of Topliss-reactive ketones (excluding diaryl/α,β-unsaturated/α-hetero) is 1. The summed E-state index contributed by atoms with van der Waals surface area (Å²) in [5.74, 6) is -1.26. The minimum absolute atomic E-state index is 0. The maximum Gasteiger partial charge on any atom is 0.317 e. The largest absolute Gasteiger partial charge is 0.480 e. The Morgan fingerprint density at radius 3 is 1.58 bits per heavy atom. The molecule has 0 spiro atoms. The van der Waals surface area contributed by atoms with Crippen LogP contribution in [0.4, 0.5) is 0 Å². The Kier molecular flexibility index (Phi) is 6.58. The second-order valence-corrected chi connectivity index (χ2v) is 2.65. The predicted molar refractivity (Wildman–Crippen MR) is 41.3 cm³/mol. The Labute approximate surface area is 87.4 Å². The van der Waals surface area contributed by atoms with Gasteiger partial charge in [0.05, 0.1) is 0 Å². The minimum Gasteiger partial charge on any atom is -0.480 e. The van der Waals surface area contributed by atoms with Crippen LogP contribution in [-0.2, 0) is 31.3 Å². The van der Waals surface area contributed by atoms with Gasteiger partial charge in [-0.05, 0) is 19.8 Å². The van der Waals surface area contributed by atoms with E-state index >= 15 is 0 Å². The normalized spacial score (nSPS) is 10.2. The molecule has 3 nitrogen and oxygen atoms in total. The number of hydrogen-bond acceptors (Lipinski definition) is 2. The third kappa shape index (κ3) is 2.42. The van der Waals surface area contributed by atoms with E-state index in [4.69, 9.17) is 5.11 Å². The molecule has 0 unspecified atom stereocenters. The molecule has 0 saturated heterocycles. The number of carboxylic acids is 1. The summed E-state index contributed by atoms with van der Waals surface area (Å²) >= 11 is 0. The number of hydrogen-bond donors (Lipinski definition) is 1. The zero-order valence-corrected chi connectivity index (χ0v) is 9.24. The van der Waals surface area contributed by atoms with Crippen molar-refractivity contribution in [2.45, 2.75) is 33.6 Å². The van der Waals surface area contributed by atoms with Crippen molar-refractivity contribution in [1.29, 1.82) is 0 Å². The van der Waals surface area contributed by atoms with E-state index in [1.807, 2.05) is 0 Å². The van der Waals surface area contributed by atoms with Crippen LogP contribution in [0.2, 0.25) is 0 Å². The van der Waals surface area contributed by atoms with Crippen LogP contribution in [0.1, 0.15) is 33.6 Å². The van der Waals surface area contributed by atoms with E-state index < -0.39 is 11.4 Å². The topological polar surface area (TPSA) is 54.4 Å². The van der Waals surface area contributed by atoms with Crippen LogP contribution >= 0.6 is 0 Å². The molecular weight excluding hydrogens is 192 g/mol. The van der Waals surface area contributed by atoms with Crippen LogP contribution in [0.5, 0.6) is 0 Å². The van der Waals surface area contributed by atoms with Gasteiger partial charge in [0, 0.05) is 21.7 Å². The summed E-state index contributed by atoms with van der Waals surface area (Å²) in [6, 6.07) is 0. The average Bonchev–Trinajstić information content (AvgIpc) is 1.90. The number of carboxylic acid groups (broad SMARTS) is 1. The van der Waals surface area contributed by atoms with Gasteiger partial charge >= 0.3 is 5.97 Å². The average molecular weight is 206 g/mol. The van der Waals surface area contributed by atoms with Crippen LogP contribution in [0.3, 0.4) is 0 Å². The van der Waals surface area contributed by atoms with Gasteiger partial charge in [0.15, 0.2) is 0 Å². The monoisotopic (exact) mass is 206 g/mol. The second kappa shape index (κ2) is 5.49. The molecule has 12 heavy (non-hydrogen) atoms. The molecule has 0 fully saturated rings. The number of carbonyl (C=O) groups is 2. The van der Waals surface area contributed by atoms with Crippen LogP contribution < -0.4 is 0 Å². The molecule has 0 bridgehead atoms. The van der Waals surface area contributed by atoms with Gasteiger partial charge in [-0.2, -0.15) is 0 Å². The molecule has 0 atom stereocenters. The molecule has 0 aromatic heterocycles. The van der Waals surface area contributed by atoms with Gasteiger partial charge < -0.3 is 5.11 Å². The van der Waals surface area contributed by atoms with E-state index in [1.165, 1.54) is 6.92 Å². The smallest absolute Gasteiger partial charge is 0.317 e. The van der Waals surface area contributed by atoms with Crippen molar-refractivity contribution >= 4 is 11.8 Å². The van der Waals surface area contributed by atoms with Crippen molar-refractivity contribution < 1.29 is 36.4 Å². The van der Waals surface area contributed by atoms with Gasteiger partial charge in [-0.25, -0.2) is 0 Å². The molecule has 0 aromatic rings. The molecule has 0 amide bonds. The van der Waals surface area contributed by atoms with E-state index in [0.717, 1.165) is 0 Å². The molecule has 0 aliphatic rings. The molecule has 0 aliphatic carbocycles. The summed E-state index contributed by atoms with van der Waals surface area (Å²) in [5, 5.41) is 8.77. The third-order valence-electron chi connectivity index (χ3n) is 2.29. The Balaban J connectivity index is 0. The van der Waals surface area contributed by atoms with Crippen molar-refractivity contribution in [2.75, 3.05) is 0 Å². The first-order valence-electron chi connectivity index (χ1n) is 3.75. The van der Waals surface area contributed by atoms with Crippen molar-refractivity contribution in [3.8, 4) is 0 Å². The van der Waals surface area contributed by atoms with E-state index in [1.54, 1.807) is 13.8 Å². The van der Waals surface area contributed by atoms with Crippen LogP contribution in [-0.4, -0.2) is 16.9 Å². The maximum atomic E-state index is 11.0. The van der Waals surface area contributed by atoms with Crippen molar-refractivity contribution in [1.82, 2.24) is 0 Å². The summed E-state index contributed by atoms with van der Waals surface area (Å²) in [7, 11) is 0. The fraction of sp³-hybridized carbons (Fsp3) is 0.750. The van der Waals surface area contributed by atoms with E-state index in [0.29, 0.717) is 12.8 Å². The Bertz CT molecular complexity index is 157. The third-order valence-corrected chi connectivity index (χ3v) is 2.29. The standard InChI is InChI=1S/C8H14O3.Ti/c1-4-8(5-2,6(3)9)7(10)11;/h4-5H2,1-3H3,(H,10,11);. The fourth-order valence-corrected chi connectivity index (χ4v) is 1.20. The summed E-state index contributed by atoms with van der Waals surface area (Å²) in [6.45, 7) is 4.78. The number of ketones is 1. The van der Waals surface area contributed by atoms with E-state index in [2.05, 4.69) is 0 Å². The zero-order valence-electron chi connectivity index (χ0n) is 7.68. The Morgan fingerprint density at radius 1 is 1.25 bits per heavy atom. The molecule has 0 heterocycles. The summed E-state index contributed by atoms with van der Waals surface area (Å²) in [4.78, 5) is 21.7. The first-order chi connectivity index (χ1) is 5.01. The first kappa shape index (κ1) is 14.4. The molecule has 0 saturated carbocycles. The maximum absolute atomic E-state index is 11.0.